The lowest BCUT2D eigenvalue weighted by atomic mass is 9.79. The van der Waals surface area contributed by atoms with Gasteiger partial charge in [-0.3, -0.25) is 0 Å². The highest BCUT2D eigenvalue weighted by atomic mass is 19.1. The third-order valence-electron chi connectivity index (χ3n) is 4.76. The Balaban J connectivity index is 1.95. The summed E-state index contributed by atoms with van der Waals surface area (Å²) in [6.45, 7) is 3.18. The molecule has 2 aromatic carbocycles. The molecule has 1 aliphatic heterocycles. The normalized spacial score (nSPS) is 22.2. The number of hydrogen-bond acceptors (Lipinski definition) is 1. The molecule has 0 bridgehead atoms. The van der Waals surface area contributed by atoms with Gasteiger partial charge in [0.1, 0.15) is 5.82 Å². The molecule has 3 rings (SSSR count). The zero-order valence-electron chi connectivity index (χ0n) is 12.7. The van der Waals surface area contributed by atoms with Crippen LogP contribution in [-0.2, 0) is 0 Å². The molecule has 1 fully saturated rings. The zero-order chi connectivity index (χ0) is 15.5. The molecule has 0 unspecified atom stereocenters. The largest absolute Gasteiger partial charge is 0.310 e. The molecule has 0 radical (unpaired) electrons. The van der Waals surface area contributed by atoms with Crippen molar-refractivity contribution in [3.05, 3.63) is 71.0 Å². The Morgan fingerprint density at radius 1 is 1.18 bits per heavy atom. The van der Waals surface area contributed by atoms with Gasteiger partial charge in [-0.1, -0.05) is 55.3 Å². The quantitative estimate of drug-likeness (QED) is 0.834. The van der Waals surface area contributed by atoms with E-state index in [0.29, 0.717) is 17.4 Å². The number of benzene rings is 2. The van der Waals surface area contributed by atoms with Crippen LogP contribution in [0.1, 0.15) is 42.0 Å². The van der Waals surface area contributed by atoms with Crippen LogP contribution >= 0.6 is 0 Å². The summed E-state index contributed by atoms with van der Waals surface area (Å²) in [4.78, 5) is 0. The van der Waals surface area contributed by atoms with E-state index in [1.54, 1.807) is 6.07 Å². The van der Waals surface area contributed by atoms with Crippen LogP contribution < -0.4 is 5.32 Å². The second-order valence-electron chi connectivity index (χ2n) is 5.93. The summed E-state index contributed by atoms with van der Waals surface area (Å²) in [5.41, 5.74) is 2.62. The van der Waals surface area contributed by atoms with Crippen molar-refractivity contribution in [2.75, 3.05) is 6.54 Å². The maximum absolute atomic E-state index is 14.0. The van der Waals surface area contributed by atoms with Crippen molar-refractivity contribution < 1.29 is 4.39 Å². The highest BCUT2D eigenvalue weighted by Crippen LogP contribution is 2.40. The molecule has 0 aromatic heterocycles. The van der Waals surface area contributed by atoms with Gasteiger partial charge in [0.2, 0.25) is 0 Å². The molecule has 1 aliphatic rings. The number of terminal acetylenes is 1. The van der Waals surface area contributed by atoms with Crippen LogP contribution in [0.3, 0.4) is 0 Å². The first-order chi connectivity index (χ1) is 10.7. The average molecular weight is 293 g/mol. The molecule has 1 nitrogen and oxygen atoms in total. The Kier molecular flexibility index (Phi) is 4.27. The van der Waals surface area contributed by atoms with E-state index in [1.807, 2.05) is 12.1 Å². The highest BCUT2D eigenvalue weighted by molar-refractivity contribution is 5.43. The van der Waals surface area contributed by atoms with Crippen LogP contribution in [0.15, 0.2) is 48.5 Å². The first-order valence-corrected chi connectivity index (χ1v) is 7.75. The van der Waals surface area contributed by atoms with Crippen molar-refractivity contribution in [1.82, 2.24) is 5.32 Å². The molecular formula is C20H20FN. The standard InChI is InChI=1S/C20H20FN/c1-3-16-18(10-7-11-19(16)21)20-17(12-13-22-20)14(2)15-8-5-4-6-9-15/h1,4-11,14,17,20,22H,12-13H2,2H3/t14-,17+,20+/m1/s1. The van der Waals surface area contributed by atoms with E-state index in [9.17, 15) is 4.39 Å². The summed E-state index contributed by atoms with van der Waals surface area (Å²) in [6.07, 6.45) is 6.60. The minimum absolute atomic E-state index is 0.108. The maximum Gasteiger partial charge on any atom is 0.139 e. The van der Waals surface area contributed by atoms with Gasteiger partial charge in [0.05, 0.1) is 5.56 Å². The van der Waals surface area contributed by atoms with Gasteiger partial charge in [-0.05, 0) is 42.0 Å². The van der Waals surface area contributed by atoms with E-state index in [-0.39, 0.29) is 11.9 Å². The second-order valence-corrected chi connectivity index (χ2v) is 5.93. The molecule has 2 heteroatoms. The monoisotopic (exact) mass is 293 g/mol. The van der Waals surface area contributed by atoms with Gasteiger partial charge in [-0.15, -0.1) is 6.42 Å². The van der Waals surface area contributed by atoms with E-state index < -0.39 is 0 Å². The third-order valence-corrected chi connectivity index (χ3v) is 4.76. The summed E-state index contributed by atoms with van der Waals surface area (Å²) in [7, 11) is 0. The number of rotatable bonds is 3. The molecule has 112 valence electrons. The van der Waals surface area contributed by atoms with E-state index in [2.05, 4.69) is 42.4 Å². The Morgan fingerprint density at radius 2 is 1.95 bits per heavy atom. The molecule has 0 spiro atoms. The molecule has 0 saturated carbocycles. The van der Waals surface area contributed by atoms with Gasteiger partial charge < -0.3 is 5.32 Å². The summed E-state index contributed by atoms with van der Waals surface area (Å²) in [5, 5.41) is 3.51. The number of hydrogen-bond donors (Lipinski definition) is 1. The van der Waals surface area contributed by atoms with Crippen LogP contribution in [0.2, 0.25) is 0 Å². The summed E-state index contributed by atoms with van der Waals surface area (Å²) < 4.78 is 14.0. The van der Waals surface area contributed by atoms with E-state index in [1.165, 1.54) is 11.6 Å². The minimum Gasteiger partial charge on any atom is -0.310 e. The van der Waals surface area contributed by atoms with Crippen molar-refractivity contribution in [2.24, 2.45) is 5.92 Å². The number of nitrogens with one attached hydrogen (secondary N) is 1. The van der Waals surface area contributed by atoms with Gasteiger partial charge in [0.15, 0.2) is 0 Å². The Labute approximate surface area is 131 Å². The van der Waals surface area contributed by atoms with Crippen LogP contribution in [0.4, 0.5) is 4.39 Å². The predicted octanol–water partition coefficient (Wildman–Crippen LogP) is 4.26. The van der Waals surface area contributed by atoms with Crippen molar-refractivity contribution in [1.29, 1.82) is 0 Å². The van der Waals surface area contributed by atoms with Gasteiger partial charge in [0.25, 0.3) is 0 Å². The molecule has 1 N–H and O–H groups in total. The molecule has 2 aromatic rings. The van der Waals surface area contributed by atoms with E-state index in [0.717, 1.165) is 18.5 Å². The maximum atomic E-state index is 14.0. The van der Waals surface area contributed by atoms with Gasteiger partial charge in [-0.2, -0.15) is 0 Å². The predicted molar refractivity (Wildman–Crippen MR) is 88.0 cm³/mol. The van der Waals surface area contributed by atoms with Crippen LogP contribution in [0.5, 0.6) is 0 Å². The highest BCUT2D eigenvalue weighted by Gasteiger charge is 2.34. The van der Waals surface area contributed by atoms with Gasteiger partial charge >= 0.3 is 0 Å². The summed E-state index contributed by atoms with van der Waals surface area (Å²) >= 11 is 0. The molecule has 22 heavy (non-hydrogen) atoms. The van der Waals surface area contributed by atoms with Crippen LogP contribution in [0.25, 0.3) is 0 Å². The fourth-order valence-corrected chi connectivity index (χ4v) is 3.56. The molecule has 0 aliphatic carbocycles. The average Bonchev–Trinajstić information content (AvgIpc) is 3.04. The Hall–Kier alpha value is -2.11. The third kappa shape index (κ3) is 2.65. The summed E-state index contributed by atoms with van der Waals surface area (Å²) in [5.74, 6) is 3.03. The number of halogens is 1. The van der Waals surface area contributed by atoms with E-state index >= 15 is 0 Å². The molecule has 1 heterocycles. The summed E-state index contributed by atoms with van der Waals surface area (Å²) in [6, 6.07) is 15.7. The van der Waals surface area contributed by atoms with Crippen LogP contribution in [-0.4, -0.2) is 6.54 Å². The van der Waals surface area contributed by atoms with Crippen molar-refractivity contribution in [3.8, 4) is 12.3 Å². The minimum atomic E-state index is -0.306. The lowest BCUT2D eigenvalue weighted by Crippen LogP contribution is -2.22. The van der Waals surface area contributed by atoms with Crippen molar-refractivity contribution in [2.45, 2.75) is 25.3 Å². The lowest BCUT2D eigenvalue weighted by molar-refractivity contribution is 0.397. The molecular weight excluding hydrogens is 273 g/mol. The first kappa shape index (κ1) is 14.8. The Morgan fingerprint density at radius 3 is 2.68 bits per heavy atom. The fraction of sp³-hybridized carbons (Fsp3) is 0.300. The van der Waals surface area contributed by atoms with Crippen molar-refractivity contribution >= 4 is 0 Å². The smallest absolute Gasteiger partial charge is 0.139 e. The van der Waals surface area contributed by atoms with Gasteiger partial charge in [-0.25, -0.2) is 4.39 Å². The zero-order valence-corrected chi connectivity index (χ0v) is 12.7. The second kappa shape index (κ2) is 6.34. The Bertz CT molecular complexity index is 687. The van der Waals surface area contributed by atoms with E-state index in [4.69, 9.17) is 6.42 Å². The molecule has 0 amide bonds. The van der Waals surface area contributed by atoms with Crippen molar-refractivity contribution in [3.63, 3.8) is 0 Å². The SMILES string of the molecule is C#Cc1c(F)cccc1[C@H]1NCC[C@H]1[C@H](C)c1ccccc1. The lowest BCUT2D eigenvalue weighted by Gasteiger charge is -2.27. The van der Waals surface area contributed by atoms with Gasteiger partial charge in [0, 0.05) is 6.04 Å². The first-order valence-electron chi connectivity index (χ1n) is 7.75. The fourth-order valence-electron chi connectivity index (χ4n) is 3.56. The topological polar surface area (TPSA) is 12.0 Å². The molecule has 1 saturated heterocycles. The molecule has 3 atom stereocenters. The van der Waals surface area contributed by atoms with Crippen LogP contribution in [0, 0.1) is 24.1 Å².